The van der Waals surface area contributed by atoms with Gasteiger partial charge in [0.05, 0.1) is 12.2 Å². The van der Waals surface area contributed by atoms with E-state index in [9.17, 15) is 9.12 Å². The molecule has 2 unspecified atom stereocenters. The summed E-state index contributed by atoms with van der Waals surface area (Å²) in [6.45, 7) is 4.73. The highest BCUT2D eigenvalue weighted by molar-refractivity contribution is 8.55. The van der Waals surface area contributed by atoms with E-state index in [1.807, 2.05) is 20.8 Å². The molecule has 1 aliphatic heterocycles. The quantitative estimate of drug-likeness (QED) is 0.467. The Morgan fingerprint density at radius 2 is 2.12 bits per heavy atom. The molecule has 0 aliphatic carbocycles. The molecule has 0 radical (unpaired) electrons. The Kier molecular flexibility index (Phi) is 6.59. The molecule has 1 aromatic rings. The van der Waals surface area contributed by atoms with E-state index in [1.54, 1.807) is 25.3 Å². The summed E-state index contributed by atoms with van der Waals surface area (Å²) in [4.78, 5) is 0.732. The van der Waals surface area contributed by atoms with E-state index >= 15 is 0 Å². The van der Waals surface area contributed by atoms with Crippen molar-refractivity contribution >= 4 is 29.4 Å². The first kappa shape index (κ1) is 20.0. The molecule has 1 aromatic carbocycles. The monoisotopic (exact) mass is 392 g/mol. The molecule has 2 rings (SSSR count). The van der Waals surface area contributed by atoms with Crippen molar-refractivity contribution in [1.82, 2.24) is 0 Å². The van der Waals surface area contributed by atoms with Gasteiger partial charge in [-0.3, -0.25) is 4.52 Å². The third-order valence-corrected chi connectivity index (χ3v) is 8.36. The van der Waals surface area contributed by atoms with Crippen LogP contribution in [0.5, 0.6) is 11.5 Å². The van der Waals surface area contributed by atoms with Crippen molar-refractivity contribution in [2.45, 2.75) is 51.0 Å². The Morgan fingerprint density at radius 3 is 2.71 bits per heavy atom. The molecule has 0 N–H and O–H groups in total. The Labute approximate surface area is 151 Å². The maximum absolute atomic E-state index is 12.9. The SMILES string of the molecule is CCCSP(=O)(OCC)Oc1ccc([S+](C)[O-])c2c1OC(C)(C)C2. The van der Waals surface area contributed by atoms with Crippen LogP contribution in [0.25, 0.3) is 0 Å². The summed E-state index contributed by atoms with van der Waals surface area (Å²) in [5.41, 5.74) is 0.448. The average Bonchev–Trinajstić information content (AvgIpc) is 2.81. The molecule has 136 valence electrons. The lowest BCUT2D eigenvalue weighted by Crippen LogP contribution is -2.25. The number of rotatable bonds is 8. The van der Waals surface area contributed by atoms with E-state index in [0.29, 0.717) is 30.3 Å². The van der Waals surface area contributed by atoms with Gasteiger partial charge in [-0.1, -0.05) is 6.92 Å². The van der Waals surface area contributed by atoms with Gasteiger partial charge in [0.2, 0.25) is 0 Å². The van der Waals surface area contributed by atoms with Crippen LogP contribution in [0.2, 0.25) is 0 Å². The van der Waals surface area contributed by atoms with Crippen molar-refractivity contribution in [3.63, 3.8) is 0 Å². The minimum Gasteiger partial charge on any atom is -0.612 e. The highest BCUT2D eigenvalue weighted by Crippen LogP contribution is 2.62. The van der Waals surface area contributed by atoms with Gasteiger partial charge in [-0.2, -0.15) is 0 Å². The summed E-state index contributed by atoms with van der Waals surface area (Å²) in [7, 11) is 0. The van der Waals surface area contributed by atoms with Crippen LogP contribution in [0.3, 0.4) is 0 Å². The van der Waals surface area contributed by atoms with Gasteiger partial charge in [0, 0.05) is 12.2 Å². The summed E-state index contributed by atoms with van der Waals surface area (Å²) in [5.74, 6) is 1.61. The first-order valence-corrected chi connectivity index (χ1v) is 12.7. The van der Waals surface area contributed by atoms with Gasteiger partial charge in [0.1, 0.15) is 11.9 Å². The van der Waals surface area contributed by atoms with E-state index in [-0.39, 0.29) is 0 Å². The van der Waals surface area contributed by atoms with E-state index in [2.05, 4.69) is 0 Å². The molecule has 0 fully saturated rings. The van der Waals surface area contributed by atoms with Crippen LogP contribution in [0, 0.1) is 0 Å². The van der Waals surface area contributed by atoms with Gasteiger partial charge in [-0.25, -0.2) is 4.57 Å². The van der Waals surface area contributed by atoms with Crippen molar-refractivity contribution < 1.29 is 22.9 Å². The lowest BCUT2D eigenvalue weighted by Gasteiger charge is -2.21. The Hall–Kier alpha value is -0.330. The molecule has 0 saturated carbocycles. The first-order valence-electron chi connectivity index (χ1n) is 7.98. The maximum Gasteiger partial charge on any atom is 0.440 e. The molecular formula is C16H25O5PS2. The molecule has 0 amide bonds. The molecule has 0 aromatic heterocycles. The fourth-order valence-corrected chi connectivity index (χ4v) is 6.73. The van der Waals surface area contributed by atoms with Gasteiger partial charge in [0.25, 0.3) is 0 Å². The number of hydrogen-bond donors (Lipinski definition) is 0. The van der Waals surface area contributed by atoms with E-state index in [4.69, 9.17) is 13.8 Å². The standard InChI is InChI=1S/C16H25O5PS2/c1-6-10-23-22(17,19-7-2)21-13-8-9-14(24(5)18)12-11-16(3,4)20-15(12)13/h8-9H,6-7,10-11H2,1-5H3. The molecular weight excluding hydrogens is 367 g/mol. The van der Waals surface area contributed by atoms with E-state index < -0.39 is 23.6 Å². The number of benzene rings is 1. The topological polar surface area (TPSA) is 67.8 Å². The van der Waals surface area contributed by atoms with Gasteiger partial charge >= 0.3 is 6.80 Å². The zero-order valence-electron chi connectivity index (χ0n) is 14.8. The van der Waals surface area contributed by atoms with Crippen LogP contribution < -0.4 is 9.26 Å². The molecule has 24 heavy (non-hydrogen) atoms. The number of fused-ring (bicyclic) bond motifs is 1. The predicted octanol–water partition coefficient (Wildman–Crippen LogP) is 4.80. The molecule has 0 spiro atoms. The lowest BCUT2D eigenvalue weighted by molar-refractivity contribution is 0.135. The minimum absolute atomic E-state index is 0.305. The molecule has 0 saturated heterocycles. The Bertz CT molecular complexity index is 633. The van der Waals surface area contributed by atoms with Crippen molar-refractivity contribution in [2.24, 2.45) is 0 Å². The number of hydrogen-bond acceptors (Lipinski definition) is 6. The zero-order chi connectivity index (χ0) is 18.0. The third-order valence-electron chi connectivity index (χ3n) is 3.42. The maximum atomic E-state index is 12.9. The van der Waals surface area contributed by atoms with Crippen molar-refractivity contribution in [1.29, 1.82) is 0 Å². The Balaban J connectivity index is 2.38. The van der Waals surface area contributed by atoms with Crippen molar-refractivity contribution in [3.8, 4) is 11.5 Å². The normalized spacial score (nSPS) is 19.2. The van der Waals surface area contributed by atoms with Crippen LogP contribution in [0.15, 0.2) is 17.0 Å². The van der Waals surface area contributed by atoms with Crippen LogP contribution in [0.1, 0.15) is 39.7 Å². The summed E-state index contributed by atoms with van der Waals surface area (Å²) < 4.78 is 42.1. The van der Waals surface area contributed by atoms with Crippen LogP contribution in [-0.4, -0.2) is 28.8 Å². The fourth-order valence-electron chi connectivity index (χ4n) is 2.52. The summed E-state index contributed by atoms with van der Waals surface area (Å²) in [6.07, 6.45) is 3.15. The zero-order valence-corrected chi connectivity index (χ0v) is 17.3. The minimum atomic E-state index is -3.31. The molecule has 0 bridgehead atoms. The Morgan fingerprint density at radius 1 is 1.42 bits per heavy atom. The molecule has 8 heteroatoms. The van der Waals surface area contributed by atoms with E-state index in [1.165, 1.54) is 11.4 Å². The average molecular weight is 392 g/mol. The largest absolute Gasteiger partial charge is 0.612 e. The second-order valence-electron chi connectivity index (χ2n) is 6.15. The van der Waals surface area contributed by atoms with Gasteiger partial charge < -0.3 is 13.8 Å². The van der Waals surface area contributed by atoms with Crippen LogP contribution >= 0.6 is 18.2 Å². The number of ether oxygens (including phenoxy) is 1. The van der Waals surface area contributed by atoms with Gasteiger partial charge in [-0.05, 0) is 61.9 Å². The lowest BCUT2D eigenvalue weighted by atomic mass is 10.0. The first-order chi connectivity index (χ1) is 11.2. The van der Waals surface area contributed by atoms with Crippen molar-refractivity contribution in [3.05, 3.63) is 17.7 Å². The highest BCUT2D eigenvalue weighted by atomic mass is 32.7. The highest BCUT2D eigenvalue weighted by Gasteiger charge is 2.39. The second kappa shape index (κ2) is 7.92. The van der Waals surface area contributed by atoms with Crippen molar-refractivity contribution in [2.75, 3.05) is 18.6 Å². The van der Waals surface area contributed by atoms with Gasteiger partial charge in [-0.15, -0.1) is 0 Å². The molecule has 2 atom stereocenters. The van der Waals surface area contributed by atoms with Gasteiger partial charge in [0.15, 0.2) is 16.4 Å². The van der Waals surface area contributed by atoms with Crippen LogP contribution in [-0.2, 0) is 26.7 Å². The molecule has 5 nitrogen and oxygen atoms in total. The smallest absolute Gasteiger partial charge is 0.440 e. The molecule has 1 heterocycles. The fraction of sp³-hybridized carbons (Fsp3) is 0.625. The summed E-state index contributed by atoms with van der Waals surface area (Å²) >= 11 is 0.0701. The summed E-state index contributed by atoms with van der Waals surface area (Å²) in [5, 5.41) is 0. The van der Waals surface area contributed by atoms with E-state index in [0.717, 1.165) is 16.9 Å². The predicted molar refractivity (Wildman–Crippen MR) is 99.8 cm³/mol. The molecule has 1 aliphatic rings. The second-order valence-corrected chi connectivity index (χ2v) is 11.6. The third kappa shape index (κ3) is 4.64. The summed E-state index contributed by atoms with van der Waals surface area (Å²) in [6, 6.07) is 3.44. The van der Waals surface area contributed by atoms with Crippen LogP contribution in [0.4, 0.5) is 0 Å².